The van der Waals surface area contributed by atoms with E-state index in [4.69, 9.17) is 34.4 Å². The van der Waals surface area contributed by atoms with Gasteiger partial charge in [-0.15, -0.1) is 0 Å². The first kappa shape index (κ1) is 41.8. The van der Waals surface area contributed by atoms with Gasteiger partial charge in [0.05, 0.1) is 6.67 Å². The van der Waals surface area contributed by atoms with Crippen molar-refractivity contribution in [2.75, 3.05) is 6.67 Å². The highest BCUT2D eigenvalue weighted by molar-refractivity contribution is 5.82. The van der Waals surface area contributed by atoms with Crippen molar-refractivity contribution < 1.29 is 38.4 Å². The van der Waals surface area contributed by atoms with Crippen molar-refractivity contribution in [3.63, 3.8) is 0 Å². The Hall–Kier alpha value is -4.24. The second-order valence-corrected chi connectivity index (χ2v) is 12.4. The van der Waals surface area contributed by atoms with Crippen molar-refractivity contribution in [3.8, 4) is 0 Å². The molecule has 0 aliphatic carbocycles. The second kappa shape index (κ2) is 20.7. The van der Waals surface area contributed by atoms with Crippen molar-refractivity contribution in [3.05, 3.63) is 0 Å². The van der Waals surface area contributed by atoms with E-state index in [9.17, 15) is 38.4 Å². The molecule has 0 aromatic heterocycles. The standard InChI is InChI=1S/C30H54N8O8/c1-5-18(28(34)44)13-20(22(30(36)46)12-17(4)27(33)43)7-9-24(40)38-14-37-23(39)8-6-19(10-15(2)25(31)41)21(29(35)45)11-16(3)26(32)42/h15-22H,5-14H2,1-4H3,(H2,31,41)(H2,32,42)(H2,33,43)(H2,34,44)(H2,35,45)(H2,36,46)(H,37,39)(H,38,40). The molecule has 8 amide bonds. The van der Waals surface area contributed by atoms with E-state index >= 15 is 0 Å². The fraction of sp³-hybridized carbons (Fsp3) is 0.733. The van der Waals surface area contributed by atoms with E-state index < -0.39 is 94.6 Å². The molecule has 0 aromatic carbocycles. The van der Waals surface area contributed by atoms with Crippen LogP contribution in [0, 0.1) is 47.3 Å². The van der Waals surface area contributed by atoms with Crippen LogP contribution in [0.4, 0.5) is 0 Å². The Kier molecular flexibility index (Phi) is 18.8. The topological polar surface area (TPSA) is 317 Å². The van der Waals surface area contributed by atoms with Crippen LogP contribution < -0.4 is 45.0 Å². The van der Waals surface area contributed by atoms with Gasteiger partial charge in [-0.2, -0.15) is 0 Å². The first-order chi connectivity index (χ1) is 21.3. The number of hydrogen-bond donors (Lipinski definition) is 8. The molecule has 0 saturated carbocycles. The fourth-order valence-corrected chi connectivity index (χ4v) is 5.51. The van der Waals surface area contributed by atoms with Gasteiger partial charge in [0.1, 0.15) is 0 Å². The molecule has 16 heteroatoms. The summed E-state index contributed by atoms with van der Waals surface area (Å²) >= 11 is 0. The molecule has 0 saturated heterocycles. The van der Waals surface area contributed by atoms with Crippen LogP contribution >= 0.6 is 0 Å². The second-order valence-electron chi connectivity index (χ2n) is 12.4. The molecule has 0 heterocycles. The molecule has 14 N–H and O–H groups in total. The minimum atomic E-state index is -0.832. The molecule has 8 unspecified atom stereocenters. The maximum atomic E-state index is 12.6. The van der Waals surface area contributed by atoms with Gasteiger partial charge in [0.2, 0.25) is 47.3 Å². The molecule has 0 aliphatic heterocycles. The molecule has 0 radical (unpaired) electrons. The maximum Gasteiger partial charge on any atom is 0.221 e. The molecule has 0 aromatic rings. The van der Waals surface area contributed by atoms with Crippen molar-refractivity contribution in [1.82, 2.24) is 10.6 Å². The molecular weight excluding hydrogens is 600 g/mol. The molecule has 0 bridgehead atoms. The lowest BCUT2D eigenvalue weighted by Crippen LogP contribution is -2.39. The number of carbonyl (C=O) groups excluding carboxylic acids is 8. The fourth-order valence-electron chi connectivity index (χ4n) is 5.51. The van der Waals surface area contributed by atoms with Gasteiger partial charge < -0.3 is 45.0 Å². The van der Waals surface area contributed by atoms with Crippen molar-refractivity contribution in [1.29, 1.82) is 0 Å². The summed E-state index contributed by atoms with van der Waals surface area (Å²) in [4.78, 5) is 96.6. The van der Waals surface area contributed by atoms with Crippen LogP contribution in [0.25, 0.3) is 0 Å². The molecule has 16 nitrogen and oxygen atoms in total. The van der Waals surface area contributed by atoms with Crippen LogP contribution in [0.3, 0.4) is 0 Å². The summed E-state index contributed by atoms with van der Waals surface area (Å²) in [6, 6.07) is 0. The summed E-state index contributed by atoms with van der Waals surface area (Å²) in [6.45, 7) is 6.25. The van der Waals surface area contributed by atoms with E-state index in [1.165, 1.54) is 0 Å². The summed E-state index contributed by atoms with van der Waals surface area (Å²) in [7, 11) is 0. The normalized spacial score (nSPS) is 16.3. The van der Waals surface area contributed by atoms with Gasteiger partial charge in [-0.25, -0.2) is 0 Å². The molecular formula is C30H54N8O8. The highest BCUT2D eigenvalue weighted by Crippen LogP contribution is 2.32. The summed E-state index contributed by atoms with van der Waals surface area (Å²) < 4.78 is 0. The van der Waals surface area contributed by atoms with Crippen molar-refractivity contribution >= 4 is 47.3 Å². The van der Waals surface area contributed by atoms with Crippen LogP contribution in [0.1, 0.15) is 85.5 Å². The molecule has 0 rings (SSSR count). The van der Waals surface area contributed by atoms with E-state index in [0.29, 0.717) is 6.42 Å². The predicted octanol–water partition coefficient (Wildman–Crippen LogP) is -1.39. The lowest BCUT2D eigenvalue weighted by Gasteiger charge is -2.28. The highest BCUT2D eigenvalue weighted by Gasteiger charge is 2.34. The SMILES string of the molecule is CCC(CC(CCC(=O)NCNC(=O)CCC(CC(C)C(N)=O)C(CC(C)C(N)=O)C(N)=O)C(CC(C)C(N)=O)C(N)=O)C(N)=O. The van der Waals surface area contributed by atoms with Gasteiger partial charge in [0.15, 0.2) is 0 Å². The molecule has 0 spiro atoms. The Balaban J connectivity index is 5.34. The Morgan fingerprint density at radius 3 is 1.15 bits per heavy atom. The van der Waals surface area contributed by atoms with Gasteiger partial charge >= 0.3 is 0 Å². The average molecular weight is 655 g/mol. The number of primary amides is 6. The molecule has 0 fully saturated rings. The zero-order chi connectivity index (χ0) is 35.7. The molecule has 8 atom stereocenters. The van der Waals surface area contributed by atoms with Gasteiger partial charge in [-0.3, -0.25) is 38.4 Å². The lowest BCUT2D eigenvalue weighted by atomic mass is 9.76. The van der Waals surface area contributed by atoms with Gasteiger partial charge in [0, 0.05) is 48.3 Å². The third-order valence-electron chi connectivity index (χ3n) is 8.74. The molecule has 46 heavy (non-hydrogen) atoms. The first-order valence-corrected chi connectivity index (χ1v) is 15.6. The number of hydrogen-bond acceptors (Lipinski definition) is 8. The van der Waals surface area contributed by atoms with Gasteiger partial charge in [-0.1, -0.05) is 27.7 Å². The smallest absolute Gasteiger partial charge is 0.221 e. The monoisotopic (exact) mass is 654 g/mol. The van der Waals surface area contributed by atoms with Crippen LogP contribution in [0.2, 0.25) is 0 Å². The zero-order valence-corrected chi connectivity index (χ0v) is 27.4. The minimum absolute atomic E-state index is 0.0516. The number of rotatable bonds is 25. The van der Waals surface area contributed by atoms with E-state index in [-0.39, 0.29) is 58.0 Å². The number of amides is 8. The first-order valence-electron chi connectivity index (χ1n) is 15.6. The highest BCUT2D eigenvalue weighted by atomic mass is 16.2. The summed E-state index contributed by atoms with van der Waals surface area (Å²) in [5, 5.41) is 5.12. The third kappa shape index (κ3) is 15.7. The Bertz CT molecular complexity index is 1100. The average Bonchev–Trinajstić information content (AvgIpc) is 2.96. The van der Waals surface area contributed by atoms with Crippen LogP contribution in [-0.4, -0.2) is 53.9 Å². The van der Waals surface area contributed by atoms with E-state index in [1.54, 1.807) is 27.7 Å². The summed E-state index contributed by atoms with van der Waals surface area (Å²) in [6.07, 6.45) is 1.02. The van der Waals surface area contributed by atoms with Gasteiger partial charge in [-0.05, 0) is 56.8 Å². The van der Waals surface area contributed by atoms with Gasteiger partial charge in [0.25, 0.3) is 0 Å². The van der Waals surface area contributed by atoms with Crippen molar-refractivity contribution in [2.45, 2.75) is 85.5 Å². The van der Waals surface area contributed by atoms with Crippen molar-refractivity contribution in [2.24, 2.45) is 81.7 Å². The Labute approximate surface area is 270 Å². The van der Waals surface area contributed by atoms with E-state index in [0.717, 1.165) is 0 Å². The van der Waals surface area contributed by atoms with Crippen LogP contribution in [0.15, 0.2) is 0 Å². The van der Waals surface area contributed by atoms with E-state index in [2.05, 4.69) is 10.6 Å². The number of nitrogens with one attached hydrogen (secondary N) is 2. The zero-order valence-electron chi connectivity index (χ0n) is 27.4. The van der Waals surface area contributed by atoms with Crippen LogP contribution in [-0.2, 0) is 38.4 Å². The summed E-state index contributed by atoms with van der Waals surface area (Å²) in [5.74, 6) is -9.91. The van der Waals surface area contributed by atoms with E-state index in [1.807, 2.05) is 0 Å². The molecule has 262 valence electrons. The largest absolute Gasteiger partial charge is 0.369 e. The summed E-state index contributed by atoms with van der Waals surface area (Å²) in [5.41, 5.74) is 32.9. The lowest BCUT2D eigenvalue weighted by molar-refractivity contribution is -0.129. The minimum Gasteiger partial charge on any atom is -0.369 e. The van der Waals surface area contributed by atoms with Crippen LogP contribution in [0.5, 0.6) is 0 Å². The number of nitrogens with two attached hydrogens (primary N) is 6. The third-order valence-corrected chi connectivity index (χ3v) is 8.74. The Morgan fingerprint density at radius 1 is 0.500 bits per heavy atom. The maximum absolute atomic E-state index is 12.6. The molecule has 0 aliphatic rings. The number of carbonyl (C=O) groups is 8. The quantitative estimate of drug-likeness (QED) is 0.0540. The predicted molar refractivity (Wildman–Crippen MR) is 168 cm³/mol. The Morgan fingerprint density at radius 2 is 0.848 bits per heavy atom.